The highest BCUT2D eigenvalue weighted by molar-refractivity contribution is 5.89. The van der Waals surface area contributed by atoms with Crippen molar-refractivity contribution >= 4 is 11.7 Å². The van der Waals surface area contributed by atoms with E-state index in [2.05, 4.69) is 24.5 Å². The minimum absolute atomic E-state index is 0.187. The standard InChI is InChI=1S/C18H30N2O3/c1-5-8-9-14(6-2)13-19-18(21)20-15-10-11-16(22-4)17(12-15)23-7-3/h10-12,14H,5-9,13H2,1-4H3,(H2,19,20,21). The van der Waals surface area contributed by atoms with Crippen LogP contribution in [0.15, 0.2) is 18.2 Å². The summed E-state index contributed by atoms with van der Waals surface area (Å²) in [6.07, 6.45) is 4.63. The van der Waals surface area contributed by atoms with E-state index in [1.165, 1.54) is 12.8 Å². The van der Waals surface area contributed by atoms with Gasteiger partial charge in [-0.25, -0.2) is 4.79 Å². The molecule has 2 N–H and O–H groups in total. The summed E-state index contributed by atoms with van der Waals surface area (Å²) in [4.78, 5) is 12.0. The van der Waals surface area contributed by atoms with Crippen LogP contribution in [0, 0.1) is 5.92 Å². The number of urea groups is 1. The van der Waals surface area contributed by atoms with Crippen molar-refractivity contribution in [1.29, 1.82) is 0 Å². The molecule has 1 aromatic carbocycles. The van der Waals surface area contributed by atoms with Crippen molar-refractivity contribution in [3.63, 3.8) is 0 Å². The number of hydrogen-bond acceptors (Lipinski definition) is 3. The Morgan fingerprint density at radius 3 is 2.61 bits per heavy atom. The molecule has 23 heavy (non-hydrogen) atoms. The van der Waals surface area contributed by atoms with E-state index in [1.807, 2.05) is 6.92 Å². The first-order valence-corrected chi connectivity index (χ1v) is 8.50. The van der Waals surface area contributed by atoms with Gasteiger partial charge in [-0.15, -0.1) is 0 Å². The minimum atomic E-state index is -0.187. The fraction of sp³-hybridized carbons (Fsp3) is 0.611. The molecule has 0 aromatic heterocycles. The van der Waals surface area contributed by atoms with Crippen LogP contribution < -0.4 is 20.1 Å². The predicted octanol–water partition coefficient (Wildman–Crippen LogP) is 4.43. The van der Waals surface area contributed by atoms with Gasteiger partial charge in [-0.1, -0.05) is 33.1 Å². The first-order valence-electron chi connectivity index (χ1n) is 8.50. The Balaban J connectivity index is 2.54. The van der Waals surface area contributed by atoms with Crippen molar-refractivity contribution in [3.8, 4) is 11.5 Å². The Morgan fingerprint density at radius 2 is 2.00 bits per heavy atom. The van der Waals surface area contributed by atoms with E-state index in [-0.39, 0.29) is 6.03 Å². The summed E-state index contributed by atoms with van der Waals surface area (Å²) < 4.78 is 10.7. The summed E-state index contributed by atoms with van der Waals surface area (Å²) in [5.74, 6) is 1.82. The van der Waals surface area contributed by atoms with Crippen LogP contribution in [0.1, 0.15) is 46.5 Å². The maximum atomic E-state index is 12.0. The number of amides is 2. The number of methoxy groups -OCH3 is 1. The fourth-order valence-corrected chi connectivity index (χ4v) is 2.38. The van der Waals surface area contributed by atoms with Crippen molar-refractivity contribution in [3.05, 3.63) is 18.2 Å². The normalized spacial score (nSPS) is 11.7. The van der Waals surface area contributed by atoms with Gasteiger partial charge in [-0.3, -0.25) is 0 Å². The molecule has 1 aromatic rings. The van der Waals surface area contributed by atoms with Crippen LogP contribution in [0.2, 0.25) is 0 Å². The van der Waals surface area contributed by atoms with Crippen LogP contribution >= 0.6 is 0 Å². The Hall–Kier alpha value is -1.91. The molecule has 5 nitrogen and oxygen atoms in total. The average molecular weight is 322 g/mol. The number of nitrogens with one attached hydrogen (secondary N) is 2. The van der Waals surface area contributed by atoms with Gasteiger partial charge < -0.3 is 20.1 Å². The van der Waals surface area contributed by atoms with E-state index in [0.29, 0.717) is 36.3 Å². The van der Waals surface area contributed by atoms with E-state index >= 15 is 0 Å². The molecule has 1 atom stereocenters. The Kier molecular flexibility index (Phi) is 8.95. The summed E-state index contributed by atoms with van der Waals surface area (Å²) in [5.41, 5.74) is 0.688. The van der Waals surface area contributed by atoms with E-state index in [4.69, 9.17) is 9.47 Å². The van der Waals surface area contributed by atoms with Crippen molar-refractivity contribution in [2.75, 3.05) is 25.6 Å². The quantitative estimate of drug-likeness (QED) is 0.670. The number of rotatable bonds is 10. The number of hydrogen-bond donors (Lipinski definition) is 2. The third-order valence-electron chi connectivity index (χ3n) is 3.82. The topological polar surface area (TPSA) is 59.6 Å². The fourth-order valence-electron chi connectivity index (χ4n) is 2.38. The number of carbonyl (C=O) groups is 1. The highest BCUT2D eigenvalue weighted by atomic mass is 16.5. The zero-order valence-corrected chi connectivity index (χ0v) is 14.8. The van der Waals surface area contributed by atoms with Crippen LogP contribution in [0.4, 0.5) is 10.5 Å². The SMILES string of the molecule is CCCCC(CC)CNC(=O)Nc1ccc(OC)c(OCC)c1. The van der Waals surface area contributed by atoms with Gasteiger partial charge in [0, 0.05) is 18.3 Å². The van der Waals surface area contributed by atoms with Crippen LogP contribution in [-0.2, 0) is 0 Å². The van der Waals surface area contributed by atoms with Crippen molar-refractivity contribution in [2.45, 2.75) is 46.5 Å². The lowest BCUT2D eigenvalue weighted by molar-refractivity contribution is 0.249. The van der Waals surface area contributed by atoms with Crippen LogP contribution in [0.5, 0.6) is 11.5 Å². The molecular formula is C18H30N2O3. The minimum Gasteiger partial charge on any atom is -0.493 e. The van der Waals surface area contributed by atoms with Gasteiger partial charge >= 0.3 is 6.03 Å². The third-order valence-corrected chi connectivity index (χ3v) is 3.82. The molecule has 0 fully saturated rings. The van der Waals surface area contributed by atoms with Gasteiger partial charge in [0.1, 0.15) is 0 Å². The second-order valence-corrected chi connectivity index (χ2v) is 5.55. The number of unbranched alkanes of at least 4 members (excludes halogenated alkanes) is 1. The lowest BCUT2D eigenvalue weighted by Crippen LogP contribution is -2.33. The second-order valence-electron chi connectivity index (χ2n) is 5.55. The van der Waals surface area contributed by atoms with E-state index in [1.54, 1.807) is 25.3 Å². The highest BCUT2D eigenvalue weighted by Gasteiger charge is 2.10. The van der Waals surface area contributed by atoms with Crippen LogP contribution in [-0.4, -0.2) is 26.3 Å². The zero-order valence-electron chi connectivity index (χ0n) is 14.8. The van der Waals surface area contributed by atoms with Gasteiger partial charge in [0.05, 0.1) is 13.7 Å². The molecule has 0 aliphatic rings. The highest BCUT2D eigenvalue weighted by Crippen LogP contribution is 2.30. The molecule has 0 heterocycles. The van der Waals surface area contributed by atoms with E-state index < -0.39 is 0 Å². The van der Waals surface area contributed by atoms with Gasteiger partial charge in [-0.05, 0) is 31.4 Å². The average Bonchev–Trinajstić information content (AvgIpc) is 2.55. The van der Waals surface area contributed by atoms with Crippen molar-refractivity contribution in [1.82, 2.24) is 5.32 Å². The molecule has 0 saturated carbocycles. The summed E-state index contributed by atoms with van der Waals surface area (Å²) in [5, 5.41) is 5.79. The second kappa shape index (κ2) is 10.8. The Morgan fingerprint density at radius 1 is 1.22 bits per heavy atom. The molecule has 5 heteroatoms. The van der Waals surface area contributed by atoms with Gasteiger partial charge in [0.25, 0.3) is 0 Å². The number of benzene rings is 1. The lowest BCUT2D eigenvalue weighted by Gasteiger charge is -2.16. The number of ether oxygens (including phenoxy) is 2. The molecule has 1 rings (SSSR count). The molecule has 130 valence electrons. The maximum Gasteiger partial charge on any atom is 0.319 e. The zero-order chi connectivity index (χ0) is 17.1. The van der Waals surface area contributed by atoms with Crippen molar-refractivity contribution in [2.24, 2.45) is 5.92 Å². The summed E-state index contributed by atoms with van der Waals surface area (Å²) in [7, 11) is 1.60. The van der Waals surface area contributed by atoms with Crippen LogP contribution in [0.3, 0.4) is 0 Å². The van der Waals surface area contributed by atoms with Crippen molar-refractivity contribution < 1.29 is 14.3 Å². The van der Waals surface area contributed by atoms with Crippen LogP contribution in [0.25, 0.3) is 0 Å². The molecule has 2 amide bonds. The molecule has 0 aliphatic carbocycles. The Labute approximate surface area is 139 Å². The molecule has 0 radical (unpaired) electrons. The molecule has 1 unspecified atom stereocenters. The summed E-state index contributed by atoms with van der Waals surface area (Å²) >= 11 is 0. The molecular weight excluding hydrogens is 292 g/mol. The number of carbonyl (C=O) groups excluding carboxylic acids is 1. The summed E-state index contributed by atoms with van der Waals surface area (Å²) in [6, 6.07) is 5.18. The summed E-state index contributed by atoms with van der Waals surface area (Å²) in [6.45, 7) is 7.51. The first kappa shape index (κ1) is 19.1. The molecule has 0 spiro atoms. The van der Waals surface area contributed by atoms with Gasteiger partial charge in [-0.2, -0.15) is 0 Å². The number of anilines is 1. The van der Waals surface area contributed by atoms with E-state index in [0.717, 1.165) is 12.8 Å². The molecule has 0 aliphatic heterocycles. The Bertz CT molecular complexity index is 477. The predicted molar refractivity (Wildman–Crippen MR) is 94.5 cm³/mol. The monoisotopic (exact) mass is 322 g/mol. The molecule has 0 saturated heterocycles. The lowest BCUT2D eigenvalue weighted by atomic mass is 9.99. The van der Waals surface area contributed by atoms with E-state index in [9.17, 15) is 4.79 Å². The largest absolute Gasteiger partial charge is 0.493 e. The molecule has 0 bridgehead atoms. The van der Waals surface area contributed by atoms with Gasteiger partial charge in [0.15, 0.2) is 11.5 Å². The smallest absolute Gasteiger partial charge is 0.319 e. The third kappa shape index (κ3) is 6.80. The first-order chi connectivity index (χ1) is 11.1. The maximum absolute atomic E-state index is 12.0. The van der Waals surface area contributed by atoms with Gasteiger partial charge in [0.2, 0.25) is 0 Å².